The highest BCUT2D eigenvalue weighted by atomic mass is 16.6. The predicted octanol–water partition coefficient (Wildman–Crippen LogP) is 6.06. The SMILES string of the molecule is CC[C@@H](C(C)C)[C@H](OC(C)=O)[C@@H](OC(C)=O)[C@@H](C)[C@H]1CC[C@H]2[C@@H]3COC(=O)C4C[C@H](OC(C)=O)[C@H](OC(C)=O)C[C@]4(C)[C@H]3CC[C@]12C. The summed E-state index contributed by atoms with van der Waals surface area (Å²) in [7, 11) is 0. The molecule has 4 fully saturated rings. The molecule has 1 aliphatic heterocycles. The Morgan fingerprint density at radius 3 is 1.94 bits per heavy atom. The van der Waals surface area contributed by atoms with Gasteiger partial charge in [-0.25, -0.2) is 0 Å². The van der Waals surface area contributed by atoms with Crippen molar-refractivity contribution < 1.29 is 47.7 Å². The molecule has 1 saturated heterocycles. The van der Waals surface area contributed by atoms with Crippen LogP contribution in [-0.4, -0.2) is 60.9 Å². The van der Waals surface area contributed by atoms with Gasteiger partial charge in [0.2, 0.25) is 0 Å². The van der Waals surface area contributed by atoms with E-state index in [9.17, 15) is 24.0 Å². The minimum Gasteiger partial charge on any atom is -0.465 e. The molecule has 47 heavy (non-hydrogen) atoms. The summed E-state index contributed by atoms with van der Waals surface area (Å²) >= 11 is 0. The average Bonchev–Trinajstić information content (AvgIpc) is 3.26. The minimum atomic E-state index is -0.703. The molecule has 13 atom stereocenters. The number of hydrogen-bond donors (Lipinski definition) is 0. The minimum absolute atomic E-state index is 0.0249. The molecule has 0 aromatic carbocycles. The zero-order valence-electron chi connectivity index (χ0n) is 30.2. The number of carbonyl (C=O) groups excluding carboxylic acids is 5. The van der Waals surface area contributed by atoms with Crippen LogP contribution in [0.4, 0.5) is 0 Å². The van der Waals surface area contributed by atoms with Crippen molar-refractivity contribution in [1.29, 1.82) is 0 Å². The van der Waals surface area contributed by atoms with Crippen LogP contribution in [0.25, 0.3) is 0 Å². The third kappa shape index (κ3) is 7.36. The molecule has 4 aliphatic rings. The smallest absolute Gasteiger partial charge is 0.309 e. The van der Waals surface area contributed by atoms with Crippen LogP contribution in [0.1, 0.15) is 114 Å². The Hall–Kier alpha value is -2.65. The second-order valence-electron chi connectivity index (χ2n) is 15.9. The van der Waals surface area contributed by atoms with Gasteiger partial charge in [0.1, 0.15) is 24.4 Å². The quantitative estimate of drug-likeness (QED) is 0.201. The van der Waals surface area contributed by atoms with Crippen molar-refractivity contribution in [3.63, 3.8) is 0 Å². The molecule has 10 heteroatoms. The number of fused-ring (bicyclic) bond motifs is 5. The molecule has 10 nitrogen and oxygen atoms in total. The lowest BCUT2D eigenvalue weighted by Gasteiger charge is -2.56. The third-order valence-electron chi connectivity index (χ3n) is 12.8. The first-order valence-electron chi connectivity index (χ1n) is 17.8. The molecule has 0 N–H and O–H groups in total. The lowest BCUT2D eigenvalue weighted by molar-refractivity contribution is -0.189. The van der Waals surface area contributed by atoms with Crippen LogP contribution in [-0.2, 0) is 47.7 Å². The average molecular weight is 663 g/mol. The molecule has 1 unspecified atom stereocenters. The maximum Gasteiger partial charge on any atom is 0.309 e. The number of cyclic esters (lactones) is 1. The van der Waals surface area contributed by atoms with Crippen molar-refractivity contribution in [3.8, 4) is 0 Å². The van der Waals surface area contributed by atoms with Crippen molar-refractivity contribution in [2.75, 3.05) is 6.61 Å². The fraction of sp³-hybridized carbons (Fsp3) is 0.865. The highest BCUT2D eigenvalue weighted by Gasteiger charge is 2.64. The fourth-order valence-corrected chi connectivity index (χ4v) is 10.9. The van der Waals surface area contributed by atoms with E-state index in [2.05, 4.69) is 41.5 Å². The van der Waals surface area contributed by atoms with Gasteiger partial charge < -0.3 is 23.7 Å². The van der Waals surface area contributed by atoms with Gasteiger partial charge in [-0.05, 0) is 78.9 Å². The molecule has 266 valence electrons. The Morgan fingerprint density at radius 2 is 1.38 bits per heavy atom. The molecule has 1 heterocycles. The molecule has 0 spiro atoms. The largest absolute Gasteiger partial charge is 0.465 e. The van der Waals surface area contributed by atoms with E-state index in [1.165, 1.54) is 27.7 Å². The van der Waals surface area contributed by atoms with Crippen LogP contribution in [0.3, 0.4) is 0 Å². The van der Waals surface area contributed by atoms with Gasteiger partial charge in [-0.2, -0.15) is 0 Å². The molecular weight excluding hydrogens is 604 g/mol. The van der Waals surface area contributed by atoms with Gasteiger partial charge in [-0.3, -0.25) is 24.0 Å². The standard InChI is InChI=1S/C37H58O10/c1-11-25(19(2)3)34(47-24(8)41)33(46-23(7)40)20(4)27-12-13-28-26-18-43-35(42)30-16-31(44-21(5)38)32(45-22(6)39)17-37(30,10)29(26)14-15-36(27,28)9/h19-20,25-34H,11-18H2,1-10H3/t20-,25-,26-,27+,28-,29-,30?,31-,32+,33-,34-,36+,37+/m0/s1. The summed E-state index contributed by atoms with van der Waals surface area (Å²) in [6.07, 6.45) is 2.63. The molecule has 0 aromatic rings. The van der Waals surface area contributed by atoms with Gasteiger partial charge in [0, 0.05) is 46.0 Å². The summed E-state index contributed by atoms with van der Waals surface area (Å²) in [4.78, 5) is 62.7. The lowest BCUT2D eigenvalue weighted by atomic mass is 9.48. The second-order valence-corrected chi connectivity index (χ2v) is 15.9. The van der Waals surface area contributed by atoms with Crippen molar-refractivity contribution in [1.82, 2.24) is 0 Å². The van der Waals surface area contributed by atoms with Crippen molar-refractivity contribution in [3.05, 3.63) is 0 Å². The molecule has 0 aromatic heterocycles. The number of rotatable bonds is 10. The predicted molar refractivity (Wildman–Crippen MR) is 172 cm³/mol. The van der Waals surface area contributed by atoms with Crippen LogP contribution < -0.4 is 0 Å². The van der Waals surface area contributed by atoms with Crippen molar-refractivity contribution in [2.45, 2.75) is 139 Å². The van der Waals surface area contributed by atoms with Crippen LogP contribution in [0, 0.1) is 58.2 Å². The highest BCUT2D eigenvalue weighted by molar-refractivity contribution is 5.75. The number of hydrogen-bond acceptors (Lipinski definition) is 10. The van der Waals surface area contributed by atoms with Gasteiger partial charge in [-0.1, -0.05) is 41.5 Å². The van der Waals surface area contributed by atoms with E-state index in [0.29, 0.717) is 13.0 Å². The third-order valence-corrected chi connectivity index (χ3v) is 12.8. The Labute approximate surface area is 280 Å². The Balaban J connectivity index is 1.66. The van der Waals surface area contributed by atoms with Gasteiger partial charge in [0.25, 0.3) is 0 Å². The Kier molecular flexibility index (Phi) is 11.4. The van der Waals surface area contributed by atoms with Crippen LogP contribution in [0.15, 0.2) is 0 Å². The van der Waals surface area contributed by atoms with Gasteiger partial charge in [0.05, 0.1) is 12.5 Å². The zero-order valence-corrected chi connectivity index (χ0v) is 30.2. The summed E-state index contributed by atoms with van der Waals surface area (Å²) in [6.45, 7) is 18.8. The molecule has 0 radical (unpaired) electrons. The molecular formula is C37H58O10. The maximum atomic E-state index is 13.6. The van der Waals surface area contributed by atoms with Crippen LogP contribution >= 0.6 is 0 Å². The normalized spacial score (nSPS) is 37.4. The topological polar surface area (TPSA) is 132 Å². The van der Waals surface area contributed by atoms with E-state index >= 15 is 0 Å². The summed E-state index contributed by atoms with van der Waals surface area (Å²) in [5, 5.41) is 0. The summed E-state index contributed by atoms with van der Waals surface area (Å²) < 4.78 is 29.5. The van der Waals surface area contributed by atoms with Crippen LogP contribution in [0.2, 0.25) is 0 Å². The van der Waals surface area contributed by atoms with Crippen molar-refractivity contribution in [2.24, 2.45) is 58.2 Å². The summed E-state index contributed by atoms with van der Waals surface area (Å²) in [5.41, 5.74) is -0.626. The van der Waals surface area contributed by atoms with E-state index in [1.807, 2.05) is 0 Å². The molecule has 4 rings (SSSR count). The summed E-state index contributed by atoms with van der Waals surface area (Å²) in [6, 6.07) is 0. The zero-order chi connectivity index (χ0) is 35.0. The molecule has 3 saturated carbocycles. The Bertz CT molecular complexity index is 1200. The van der Waals surface area contributed by atoms with Crippen molar-refractivity contribution >= 4 is 29.8 Å². The Morgan fingerprint density at radius 1 is 0.809 bits per heavy atom. The number of carbonyl (C=O) groups is 5. The monoisotopic (exact) mass is 662 g/mol. The highest BCUT2D eigenvalue weighted by Crippen LogP contribution is 2.66. The van der Waals surface area contributed by atoms with E-state index in [4.69, 9.17) is 23.7 Å². The van der Waals surface area contributed by atoms with Gasteiger partial charge in [0.15, 0.2) is 0 Å². The van der Waals surface area contributed by atoms with Gasteiger partial charge >= 0.3 is 29.8 Å². The second kappa shape index (κ2) is 14.5. The van der Waals surface area contributed by atoms with E-state index in [-0.39, 0.29) is 71.2 Å². The first-order chi connectivity index (χ1) is 21.9. The van der Waals surface area contributed by atoms with E-state index in [0.717, 1.165) is 32.1 Å². The first kappa shape index (κ1) is 37.2. The summed E-state index contributed by atoms with van der Waals surface area (Å²) in [5.74, 6) is -1.58. The molecule has 0 amide bonds. The molecule has 3 aliphatic carbocycles. The molecule has 0 bridgehead atoms. The first-order valence-corrected chi connectivity index (χ1v) is 17.8. The van der Waals surface area contributed by atoms with E-state index in [1.54, 1.807) is 0 Å². The fourth-order valence-electron chi connectivity index (χ4n) is 10.9. The van der Waals surface area contributed by atoms with Crippen LogP contribution in [0.5, 0.6) is 0 Å². The van der Waals surface area contributed by atoms with E-state index < -0.39 is 47.7 Å². The maximum absolute atomic E-state index is 13.6. The number of ether oxygens (including phenoxy) is 5. The number of esters is 5. The lowest BCUT2D eigenvalue weighted by Crippen LogP contribution is -2.56. The van der Waals surface area contributed by atoms with Gasteiger partial charge in [-0.15, -0.1) is 0 Å².